The molecule has 0 rings (SSSR count). The molecule has 44 valence electrons. The molecule has 0 aliphatic carbocycles. The normalized spacial score (nSPS) is 8.00. The molecule has 0 aromatic carbocycles. The van der Waals surface area contributed by atoms with Crippen molar-refractivity contribution < 1.29 is 5.11 Å². The third-order valence-electron chi connectivity index (χ3n) is 0.353. The van der Waals surface area contributed by atoms with Crippen LogP contribution in [0.15, 0.2) is 0 Å². The van der Waals surface area contributed by atoms with Gasteiger partial charge in [-0.25, -0.2) is 0 Å². The standard InChI is InChI=1S/C5H8O.C2H2/c1-4-5(2,3)6;1-2/h1,6H,2-3H3;1-2H. The zero-order valence-corrected chi connectivity index (χ0v) is 5.18. The summed E-state index contributed by atoms with van der Waals surface area (Å²) in [5.74, 6) is 2.16. The van der Waals surface area contributed by atoms with E-state index in [0.29, 0.717) is 0 Å². The number of rotatable bonds is 0. The van der Waals surface area contributed by atoms with Gasteiger partial charge in [-0.1, -0.05) is 5.92 Å². The fourth-order valence-electron chi connectivity index (χ4n) is 0. The molecule has 0 aliphatic heterocycles. The Hall–Kier alpha value is -0.920. The van der Waals surface area contributed by atoms with E-state index in [1.807, 2.05) is 0 Å². The molecule has 1 nitrogen and oxygen atoms in total. The summed E-state index contributed by atoms with van der Waals surface area (Å²) in [6.45, 7) is 3.12. The van der Waals surface area contributed by atoms with Gasteiger partial charge in [0.05, 0.1) is 0 Å². The lowest BCUT2D eigenvalue weighted by Gasteiger charge is -2.04. The van der Waals surface area contributed by atoms with Gasteiger partial charge in [-0.2, -0.15) is 0 Å². The molecule has 0 saturated heterocycles. The van der Waals surface area contributed by atoms with Crippen LogP contribution in [0.2, 0.25) is 0 Å². The molecule has 0 saturated carbocycles. The monoisotopic (exact) mass is 110 g/mol. The van der Waals surface area contributed by atoms with Gasteiger partial charge >= 0.3 is 0 Å². The first-order chi connectivity index (χ1) is 3.56. The Labute approximate surface area is 50.7 Å². The first-order valence-electron chi connectivity index (χ1n) is 2.10. The minimum atomic E-state index is -0.931. The Bertz CT molecular complexity index is 97.8. The van der Waals surface area contributed by atoms with Crippen LogP contribution >= 0.6 is 0 Å². The molecule has 0 radical (unpaired) electrons. The lowest BCUT2D eigenvalue weighted by molar-refractivity contribution is 0.144. The number of terminal acetylenes is 2. The van der Waals surface area contributed by atoms with Crippen molar-refractivity contribution in [2.75, 3.05) is 0 Å². The molecule has 0 heterocycles. The predicted octanol–water partition coefficient (Wildman–Crippen LogP) is 0.640. The molecule has 0 spiro atoms. The van der Waals surface area contributed by atoms with Crippen molar-refractivity contribution in [3.63, 3.8) is 0 Å². The molecule has 0 aromatic heterocycles. The third kappa shape index (κ3) is 19.5. The summed E-state index contributed by atoms with van der Waals surface area (Å²) < 4.78 is 0. The predicted molar refractivity (Wildman–Crippen MR) is 35.0 cm³/mol. The van der Waals surface area contributed by atoms with Crippen LogP contribution in [0.1, 0.15) is 13.8 Å². The fourth-order valence-corrected chi connectivity index (χ4v) is 0. The molecule has 0 unspecified atom stereocenters. The first kappa shape index (κ1) is 10.1. The molecule has 1 N–H and O–H groups in total. The fraction of sp³-hybridized carbons (Fsp3) is 0.429. The van der Waals surface area contributed by atoms with Crippen LogP contribution in [0.4, 0.5) is 0 Å². The van der Waals surface area contributed by atoms with E-state index in [-0.39, 0.29) is 0 Å². The van der Waals surface area contributed by atoms with Crippen LogP contribution in [0.25, 0.3) is 0 Å². The second kappa shape index (κ2) is 4.24. The summed E-state index contributed by atoms with van der Waals surface area (Å²) in [6.07, 6.45) is 12.8. The van der Waals surface area contributed by atoms with E-state index in [4.69, 9.17) is 11.5 Å². The minimum absolute atomic E-state index is 0.931. The summed E-state index contributed by atoms with van der Waals surface area (Å²) >= 11 is 0. The van der Waals surface area contributed by atoms with E-state index in [0.717, 1.165) is 0 Å². The van der Waals surface area contributed by atoms with Crippen molar-refractivity contribution in [1.29, 1.82) is 0 Å². The molecule has 0 fully saturated rings. The van der Waals surface area contributed by atoms with Crippen LogP contribution in [-0.2, 0) is 0 Å². The maximum absolute atomic E-state index is 8.59. The second-order valence-corrected chi connectivity index (χ2v) is 1.70. The summed E-state index contributed by atoms with van der Waals surface area (Å²) in [4.78, 5) is 0. The van der Waals surface area contributed by atoms with Crippen molar-refractivity contribution in [2.45, 2.75) is 19.4 Å². The van der Waals surface area contributed by atoms with E-state index >= 15 is 0 Å². The molecule has 8 heavy (non-hydrogen) atoms. The average molecular weight is 110 g/mol. The zero-order chi connectivity index (χ0) is 7.21. The quantitative estimate of drug-likeness (QED) is 0.454. The first-order valence-corrected chi connectivity index (χ1v) is 2.10. The maximum Gasteiger partial charge on any atom is 0.119 e. The number of hydrogen-bond acceptors (Lipinski definition) is 1. The van der Waals surface area contributed by atoms with Crippen molar-refractivity contribution in [3.05, 3.63) is 0 Å². The molecular formula is C7H10O. The Kier molecular flexibility index (Phi) is 5.38. The Balaban J connectivity index is 0. The summed E-state index contributed by atoms with van der Waals surface area (Å²) in [7, 11) is 0. The van der Waals surface area contributed by atoms with E-state index < -0.39 is 5.60 Å². The summed E-state index contributed by atoms with van der Waals surface area (Å²) in [6, 6.07) is 0. The smallest absolute Gasteiger partial charge is 0.119 e. The summed E-state index contributed by atoms with van der Waals surface area (Å²) in [5, 5.41) is 8.59. The van der Waals surface area contributed by atoms with E-state index in [2.05, 4.69) is 18.8 Å². The van der Waals surface area contributed by atoms with Crippen molar-refractivity contribution in [3.8, 4) is 25.2 Å². The highest BCUT2D eigenvalue weighted by Gasteiger charge is 2.03. The van der Waals surface area contributed by atoms with Crippen molar-refractivity contribution in [2.24, 2.45) is 0 Å². The van der Waals surface area contributed by atoms with Gasteiger partial charge in [0.25, 0.3) is 0 Å². The highest BCUT2D eigenvalue weighted by molar-refractivity contribution is 5.00. The second-order valence-electron chi connectivity index (χ2n) is 1.70. The van der Waals surface area contributed by atoms with Gasteiger partial charge in [-0.15, -0.1) is 19.3 Å². The molecule has 0 bridgehead atoms. The third-order valence-corrected chi connectivity index (χ3v) is 0.353. The molecule has 0 amide bonds. The SMILES string of the molecule is C#C.C#CC(C)(C)O. The molecule has 0 atom stereocenters. The van der Waals surface area contributed by atoms with Crippen LogP contribution in [-0.4, -0.2) is 10.7 Å². The Morgan fingerprint density at radius 1 is 1.38 bits per heavy atom. The lowest BCUT2D eigenvalue weighted by Crippen LogP contribution is -2.13. The molecule has 0 aromatic rings. The largest absolute Gasteiger partial charge is 0.378 e. The summed E-state index contributed by atoms with van der Waals surface area (Å²) in [5.41, 5.74) is -0.931. The minimum Gasteiger partial charge on any atom is -0.378 e. The van der Waals surface area contributed by atoms with Gasteiger partial charge in [0.2, 0.25) is 0 Å². The highest BCUT2D eigenvalue weighted by Crippen LogP contribution is 1.93. The van der Waals surface area contributed by atoms with Crippen LogP contribution < -0.4 is 0 Å². The Morgan fingerprint density at radius 2 is 1.50 bits per heavy atom. The highest BCUT2D eigenvalue weighted by atomic mass is 16.3. The van der Waals surface area contributed by atoms with Crippen molar-refractivity contribution >= 4 is 0 Å². The van der Waals surface area contributed by atoms with Crippen LogP contribution in [0.3, 0.4) is 0 Å². The topological polar surface area (TPSA) is 20.2 Å². The van der Waals surface area contributed by atoms with Gasteiger partial charge in [-0.3, -0.25) is 0 Å². The van der Waals surface area contributed by atoms with Crippen LogP contribution in [0.5, 0.6) is 0 Å². The van der Waals surface area contributed by atoms with E-state index in [9.17, 15) is 0 Å². The maximum atomic E-state index is 8.59. The molecule has 1 heteroatoms. The molecular weight excluding hydrogens is 100 g/mol. The zero-order valence-electron chi connectivity index (χ0n) is 5.18. The van der Waals surface area contributed by atoms with Gasteiger partial charge in [0, 0.05) is 0 Å². The van der Waals surface area contributed by atoms with Crippen LogP contribution in [0, 0.1) is 25.2 Å². The lowest BCUT2D eigenvalue weighted by atomic mass is 10.2. The van der Waals surface area contributed by atoms with Gasteiger partial charge in [0.1, 0.15) is 5.60 Å². The van der Waals surface area contributed by atoms with Gasteiger partial charge in [-0.05, 0) is 13.8 Å². The van der Waals surface area contributed by atoms with Gasteiger partial charge < -0.3 is 5.11 Å². The number of aliphatic hydroxyl groups is 1. The van der Waals surface area contributed by atoms with Gasteiger partial charge in [0.15, 0.2) is 0 Å². The van der Waals surface area contributed by atoms with E-state index in [1.54, 1.807) is 13.8 Å². The Morgan fingerprint density at radius 3 is 1.50 bits per heavy atom. The number of hydrogen-bond donors (Lipinski definition) is 1. The van der Waals surface area contributed by atoms with E-state index in [1.165, 1.54) is 0 Å². The molecule has 0 aliphatic rings. The average Bonchev–Trinajstić information content (AvgIpc) is 1.71. The van der Waals surface area contributed by atoms with Crippen molar-refractivity contribution in [1.82, 2.24) is 0 Å².